The minimum Gasteiger partial charge on any atom is -0.497 e. The fourth-order valence-electron chi connectivity index (χ4n) is 4.21. The highest BCUT2D eigenvalue weighted by atomic mass is 16.5. The molecule has 0 unspecified atom stereocenters. The molecule has 2 heterocycles. The molecule has 0 aliphatic carbocycles. The Kier molecular flexibility index (Phi) is 5.23. The molecule has 4 rings (SSSR count). The van der Waals surface area contributed by atoms with Crippen LogP contribution in [-0.2, 0) is 13.6 Å². The second-order valence-corrected chi connectivity index (χ2v) is 7.92. The Morgan fingerprint density at radius 3 is 2.43 bits per heavy atom. The summed E-state index contributed by atoms with van der Waals surface area (Å²) in [7, 11) is 3.57. The monoisotopic (exact) mass is 376 g/mol. The van der Waals surface area contributed by atoms with Crippen LogP contribution in [0.3, 0.4) is 0 Å². The van der Waals surface area contributed by atoms with Crippen molar-refractivity contribution in [3.63, 3.8) is 0 Å². The van der Waals surface area contributed by atoms with Gasteiger partial charge in [0.05, 0.1) is 7.11 Å². The number of aromatic nitrogens is 1. The molecule has 0 N–H and O–H groups in total. The van der Waals surface area contributed by atoms with Crippen LogP contribution in [0.25, 0.3) is 21.9 Å². The van der Waals surface area contributed by atoms with Gasteiger partial charge in [0, 0.05) is 35.6 Å². The molecule has 28 heavy (non-hydrogen) atoms. The van der Waals surface area contributed by atoms with Gasteiger partial charge in [0.15, 0.2) is 0 Å². The fourth-order valence-corrected chi connectivity index (χ4v) is 4.21. The third kappa shape index (κ3) is 3.45. The number of piperidine rings is 1. The van der Waals surface area contributed by atoms with Crippen LogP contribution >= 0.6 is 0 Å². The molecular weight excluding hydrogens is 348 g/mol. The normalized spacial score (nSPS) is 15.8. The van der Waals surface area contributed by atoms with E-state index in [2.05, 4.69) is 36.1 Å². The van der Waals surface area contributed by atoms with E-state index in [-0.39, 0.29) is 5.56 Å². The van der Waals surface area contributed by atoms with E-state index in [9.17, 15) is 4.79 Å². The van der Waals surface area contributed by atoms with Crippen LogP contribution < -0.4 is 10.3 Å². The second-order valence-electron chi connectivity index (χ2n) is 7.92. The van der Waals surface area contributed by atoms with Crippen molar-refractivity contribution in [1.29, 1.82) is 0 Å². The highest BCUT2D eigenvalue weighted by molar-refractivity contribution is 5.98. The molecule has 3 aromatic rings. The number of likely N-dealkylation sites (tertiary alicyclic amines) is 1. The summed E-state index contributed by atoms with van der Waals surface area (Å²) in [5.74, 6) is 1.56. The number of benzene rings is 2. The number of methoxy groups -OCH3 is 1. The number of fused-ring (bicyclic) bond motifs is 1. The van der Waals surface area contributed by atoms with Gasteiger partial charge in [-0.05, 0) is 55.6 Å². The van der Waals surface area contributed by atoms with Crippen molar-refractivity contribution < 1.29 is 4.74 Å². The summed E-state index contributed by atoms with van der Waals surface area (Å²) in [5, 5.41) is 1.70. The molecule has 0 spiro atoms. The van der Waals surface area contributed by atoms with Gasteiger partial charge in [0.1, 0.15) is 5.75 Å². The Labute approximate surface area is 166 Å². The summed E-state index contributed by atoms with van der Waals surface area (Å²) in [4.78, 5) is 15.6. The maximum absolute atomic E-state index is 13.1. The number of rotatable bonds is 4. The summed E-state index contributed by atoms with van der Waals surface area (Å²) in [5.41, 5.74) is 3.40. The van der Waals surface area contributed by atoms with Gasteiger partial charge in [-0.3, -0.25) is 9.69 Å². The molecule has 2 aromatic carbocycles. The van der Waals surface area contributed by atoms with Crippen LogP contribution in [0.15, 0.2) is 53.3 Å². The standard InChI is InChI=1S/C24H28N2O2/c1-17-11-13-26(14-12-17)16-22-23(18-7-5-4-6-8-18)21-15-19(28-3)9-10-20(21)24(27)25(22)2/h4-10,15,17H,11-14,16H2,1-3H3. The van der Waals surface area contributed by atoms with Crippen molar-refractivity contribution in [3.8, 4) is 16.9 Å². The average Bonchev–Trinajstić information content (AvgIpc) is 2.73. The maximum Gasteiger partial charge on any atom is 0.258 e. The van der Waals surface area contributed by atoms with Gasteiger partial charge in [-0.25, -0.2) is 0 Å². The minimum absolute atomic E-state index is 0.0534. The largest absolute Gasteiger partial charge is 0.497 e. The van der Waals surface area contributed by atoms with Crippen molar-refractivity contribution >= 4 is 10.8 Å². The molecule has 1 aliphatic heterocycles. The lowest BCUT2D eigenvalue weighted by molar-refractivity contribution is 0.182. The average molecular weight is 377 g/mol. The molecular formula is C24H28N2O2. The van der Waals surface area contributed by atoms with E-state index in [1.165, 1.54) is 12.8 Å². The van der Waals surface area contributed by atoms with Crippen molar-refractivity contribution in [2.45, 2.75) is 26.3 Å². The van der Waals surface area contributed by atoms with Crippen LogP contribution in [0.1, 0.15) is 25.5 Å². The van der Waals surface area contributed by atoms with Crippen LogP contribution in [0.4, 0.5) is 0 Å². The van der Waals surface area contributed by atoms with Crippen molar-refractivity contribution in [2.24, 2.45) is 13.0 Å². The summed E-state index contributed by atoms with van der Waals surface area (Å²) >= 11 is 0. The van der Waals surface area contributed by atoms with Crippen molar-refractivity contribution in [3.05, 3.63) is 64.6 Å². The van der Waals surface area contributed by atoms with Gasteiger partial charge in [-0.1, -0.05) is 37.3 Å². The predicted molar refractivity (Wildman–Crippen MR) is 115 cm³/mol. The zero-order valence-electron chi connectivity index (χ0n) is 16.9. The van der Waals surface area contributed by atoms with E-state index in [0.29, 0.717) is 0 Å². The van der Waals surface area contributed by atoms with E-state index in [1.807, 2.05) is 35.9 Å². The predicted octanol–water partition coefficient (Wildman–Crippen LogP) is 4.45. The van der Waals surface area contributed by atoms with Crippen molar-refractivity contribution in [2.75, 3.05) is 20.2 Å². The van der Waals surface area contributed by atoms with Gasteiger partial charge in [-0.15, -0.1) is 0 Å². The molecule has 0 amide bonds. The third-order valence-corrected chi connectivity index (χ3v) is 6.04. The third-order valence-electron chi connectivity index (χ3n) is 6.04. The topological polar surface area (TPSA) is 34.5 Å². The molecule has 4 nitrogen and oxygen atoms in total. The molecule has 0 bridgehead atoms. The number of hydrogen-bond donors (Lipinski definition) is 0. The summed E-state index contributed by atoms with van der Waals surface area (Å²) in [6.45, 7) is 5.28. The Bertz CT molecular complexity index is 1030. The highest BCUT2D eigenvalue weighted by Crippen LogP contribution is 2.33. The molecule has 0 atom stereocenters. The van der Waals surface area contributed by atoms with Gasteiger partial charge < -0.3 is 9.30 Å². The first-order valence-electron chi connectivity index (χ1n) is 10.1. The smallest absolute Gasteiger partial charge is 0.258 e. The van der Waals surface area contributed by atoms with Gasteiger partial charge in [0.25, 0.3) is 5.56 Å². The molecule has 1 aromatic heterocycles. The summed E-state index contributed by atoms with van der Waals surface area (Å²) in [6.07, 6.45) is 2.44. The van der Waals surface area contributed by atoms with E-state index in [1.54, 1.807) is 7.11 Å². The van der Waals surface area contributed by atoms with Crippen LogP contribution in [-0.4, -0.2) is 29.7 Å². The number of pyridine rings is 1. The number of nitrogens with zero attached hydrogens (tertiary/aromatic N) is 2. The Morgan fingerprint density at radius 2 is 1.75 bits per heavy atom. The minimum atomic E-state index is 0.0534. The van der Waals surface area contributed by atoms with E-state index in [0.717, 1.165) is 58.9 Å². The Hall–Kier alpha value is -2.59. The van der Waals surface area contributed by atoms with Crippen LogP contribution in [0.5, 0.6) is 5.75 Å². The van der Waals surface area contributed by atoms with E-state index < -0.39 is 0 Å². The Balaban J connectivity index is 1.94. The van der Waals surface area contributed by atoms with E-state index >= 15 is 0 Å². The number of ether oxygens (including phenoxy) is 1. The fraction of sp³-hybridized carbons (Fsp3) is 0.375. The SMILES string of the molecule is COc1ccc2c(=O)n(C)c(CN3CCC(C)CC3)c(-c3ccccc3)c2c1. The van der Waals surface area contributed by atoms with Gasteiger partial charge >= 0.3 is 0 Å². The van der Waals surface area contributed by atoms with Crippen LogP contribution in [0.2, 0.25) is 0 Å². The maximum atomic E-state index is 13.1. The Morgan fingerprint density at radius 1 is 1.04 bits per heavy atom. The quantitative estimate of drug-likeness (QED) is 0.675. The summed E-state index contributed by atoms with van der Waals surface area (Å²) in [6, 6.07) is 16.1. The molecule has 0 saturated carbocycles. The zero-order valence-corrected chi connectivity index (χ0v) is 16.9. The summed E-state index contributed by atoms with van der Waals surface area (Å²) < 4.78 is 7.31. The molecule has 0 radical (unpaired) electrons. The molecule has 1 fully saturated rings. The molecule has 4 heteroatoms. The van der Waals surface area contributed by atoms with Crippen LogP contribution in [0, 0.1) is 5.92 Å². The lowest BCUT2D eigenvalue weighted by Crippen LogP contribution is -2.35. The number of hydrogen-bond acceptors (Lipinski definition) is 3. The first kappa shape index (κ1) is 18.8. The lowest BCUT2D eigenvalue weighted by atomic mass is 9.95. The molecule has 146 valence electrons. The first-order chi connectivity index (χ1) is 13.6. The van der Waals surface area contributed by atoms with Gasteiger partial charge in [0.2, 0.25) is 0 Å². The molecule has 1 saturated heterocycles. The highest BCUT2D eigenvalue weighted by Gasteiger charge is 2.21. The lowest BCUT2D eigenvalue weighted by Gasteiger charge is -2.31. The first-order valence-corrected chi connectivity index (χ1v) is 10.1. The van der Waals surface area contributed by atoms with Gasteiger partial charge in [-0.2, -0.15) is 0 Å². The zero-order chi connectivity index (χ0) is 19.7. The van der Waals surface area contributed by atoms with Crippen molar-refractivity contribution in [1.82, 2.24) is 9.47 Å². The molecule has 1 aliphatic rings. The second kappa shape index (κ2) is 7.80. The van der Waals surface area contributed by atoms with E-state index in [4.69, 9.17) is 4.74 Å².